The number of carbonyl (C=O) groups is 3. The van der Waals surface area contributed by atoms with Gasteiger partial charge in [0.2, 0.25) is 11.8 Å². The van der Waals surface area contributed by atoms with Crippen LogP contribution in [0.3, 0.4) is 0 Å². The van der Waals surface area contributed by atoms with E-state index in [9.17, 15) is 14.4 Å². The van der Waals surface area contributed by atoms with Gasteiger partial charge in [-0.05, 0) is 62.3 Å². The van der Waals surface area contributed by atoms with Crippen LogP contribution in [0.15, 0.2) is 18.2 Å². The van der Waals surface area contributed by atoms with Crippen LogP contribution in [0, 0.1) is 0 Å². The van der Waals surface area contributed by atoms with Crippen molar-refractivity contribution >= 4 is 17.7 Å². The second kappa shape index (κ2) is 8.83. The third-order valence-electron chi connectivity index (χ3n) is 7.48. The average Bonchev–Trinajstić information content (AvgIpc) is 3.38. The van der Waals surface area contributed by atoms with Crippen LogP contribution in [0.2, 0.25) is 0 Å². The molecule has 2 saturated heterocycles. The molecule has 4 aliphatic rings. The van der Waals surface area contributed by atoms with Crippen LogP contribution in [-0.4, -0.2) is 72.0 Å². The number of piperidine rings is 2. The summed E-state index contributed by atoms with van der Waals surface area (Å²) in [5, 5.41) is 2.35. The lowest BCUT2D eigenvalue weighted by molar-refractivity contribution is -0.136. The molecule has 8 nitrogen and oxygen atoms in total. The highest BCUT2D eigenvalue weighted by Crippen LogP contribution is 2.34. The van der Waals surface area contributed by atoms with Gasteiger partial charge in [-0.15, -0.1) is 0 Å². The Morgan fingerprint density at radius 1 is 1.03 bits per heavy atom. The lowest BCUT2D eigenvalue weighted by Gasteiger charge is -2.38. The zero-order chi connectivity index (χ0) is 22.2. The second-order valence-corrected chi connectivity index (χ2v) is 9.34. The van der Waals surface area contributed by atoms with Gasteiger partial charge in [0.05, 0.1) is 6.10 Å². The molecule has 1 N–H and O–H groups in total. The van der Waals surface area contributed by atoms with Crippen molar-refractivity contribution in [3.63, 3.8) is 0 Å². The zero-order valence-corrected chi connectivity index (χ0v) is 18.5. The number of methoxy groups -OCH3 is 1. The normalized spacial score (nSPS) is 29.3. The lowest BCUT2D eigenvalue weighted by Crippen LogP contribution is -2.52. The number of amides is 3. The molecule has 3 fully saturated rings. The molecule has 8 heteroatoms. The molecule has 1 aromatic rings. The molecule has 3 atom stereocenters. The Labute approximate surface area is 188 Å². The number of fused-ring (bicyclic) bond motifs is 1. The third-order valence-corrected chi connectivity index (χ3v) is 7.48. The number of nitrogens with one attached hydrogen (secondary N) is 1. The number of carbonyl (C=O) groups excluding carboxylic acids is 3. The van der Waals surface area contributed by atoms with Gasteiger partial charge >= 0.3 is 0 Å². The van der Waals surface area contributed by atoms with Crippen LogP contribution in [0.5, 0.6) is 5.75 Å². The van der Waals surface area contributed by atoms with E-state index in [4.69, 9.17) is 9.47 Å². The number of rotatable bonds is 5. The summed E-state index contributed by atoms with van der Waals surface area (Å²) in [7, 11) is 1.79. The first-order valence-corrected chi connectivity index (χ1v) is 11.7. The van der Waals surface area contributed by atoms with Gasteiger partial charge in [-0.3, -0.25) is 24.6 Å². The van der Waals surface area contributed by atoms with Gasteiger partial charge in [0, 0.05) is 44.8 Å². The van der Waals surface area contributed by atoms with Crippen LogP contribution in [0.1, 0.15) is 60.9 Å². The summed E-state index contributed by atoms with van der Waals surface area (Å²) in [5.41, 5.74) is 1.50. The fraction of sp³-hybridized carbons (Fsp3) is 0.625. The molecular formula is C24H31N3O5. The molecule has 1 aliphatic carbocycles. The Bertz CT molecular complexity index is 911. The van der Waals surface area contributed by atoms with E-state index in [1.165, 1.54) is 0 Å². The van der Waals surface area contributed by atoms with E-state index in [2.05, 4.69) is 10.2 Å². The summed E-state index contributed by atoms with van der Waals surface area (Å²) in [4.78, 5) is 40.7. The summed E-state index contributed by atoms with van der Waals surface area (Å²) < 4.78 is 12.0. The number of nitrogens with zero attached hydrogens (tertiary/aromatic N) is 2. The van der Waals surface area contributed by atoms with Crippen molar-refractivity contribution in [3.05, 3.63) is 29.3 Å². The molecule has 3 heterocycles. The van der Waals surface area contributed by atoms with E-state index in [0.717, 1.165) is 56.5 Å². The predicted octanol–water partition coefficient (Wildman–Crippen LogP) is 1.86. The van der Waals surface area contributed by atoms with Crippen molar-refractivity contribution in [3.8, 4) is 5.75 Å². The molecule has 0 radical (unpaired) electrons. The average molecular weight is 442 g/mol. The van der Waals surface area contributed by atoms with Crippen molar-refractivity contribution in [1.29, 1.82) is 0 Å². The maximum Gasteiger partial charge on any atom is 0.255 e. The first kappa shape index (κ1) is 21.4. The maximum atomic E-state index is 12.9. The minimum Gasteiger partial charge on any atom is -0.489 e. The van der Waals surface area contributed by atoms with Gasteiger partial charge in [0.1, 0.15) is 17.9 Å². The summed E-state index contributed by atoms with van der Waals surface area (Å²) in [6.45, 7) is 2.46. The minimum atomic E-state index is -0.591. The largest absolute Gasteiger partial charge is 0.489 e. The van der Waals surface area contributed by atoms with Crippen LogP contribution in [0.4, 0.5) is 0 Å². The summed E-state index contributed by atoms with van der Waals surface area (Å²) in [5.74, 6) is -0.0280. The fourth-order valence-corrected chi connectivity index (χ4v) is 5.70. The standard InChI is InChI=1S/C24H31N3O5/c1-31-16-9-11-26(12-10-16)19-3-2-4-21(19)32-17-5-6-18-15(13-17)14-27(24(18)30)20-7-8-22(28)25-23(20)29/h5-6,13,16,19-21H,2-4,7-12,14H2,1H3,(H,25,28,29)/t19-,20?,21+/m1/s1. The number of imide groups is 1. The first-order valence-electron chi connectivity index (χ1n) is 11.7. The Kier molecular flexibility index (Phi) is 5.90. The number of hydrogen-bond acceptors (Lipinski definition) is 6. The number of hydrogen-bond donors (Lipinski definition) is 1. The summed E-state index contributed by atoms with van der Waals surface area (Å²) >= 11 is 0. The predicted molar refractivity (Wildman–Crippen MR) is 116 cm³/mol. The summed E-state index contributed by atoms with van der Waals surface area (Å²) in [6, 6.07) is 5.46. The van der Waals surface area contributed by atoms with Gasteiger partial charge in [-0.1, -0.05) is 0 Å². The Morgan fingerprint density at radius 3 is 2.59 bits per heavy atom. The molecule has 0 aromatic heterocycles. The third kappa shape index (κ3) is 4.01. The quantitative estimate of drug-likeness (QED) is 0.702. The SMILES string of the molecule is COC1CCN([C@@H]2CCC[C@@H]2Oc2ccc3c(c2)CN(C2CCC(=O)NC2=O)C3=O)CC1. The highest BCUT2D eigenvalue weighted by atomic mass is 16.5. The van der Waals surface area contributed by atoms with Crippen LogP contribution >= 0.6 is 0 Å². The van der Waals surface area contributed by atoms with Gasteiger partial charge in [-0.25, -0.2) is 0 Å². The highest BCUT2D eigenvalue weighted by Gasteiger charge is 2.40. The Morgan fingerprint density at radius 2 is 1.84 bits per heavy atom. The molecule has 0 bridgehead atoms. The fourth-order valence-electron chi connectivity index (χ4n) is 5.70. The first-order chi connectivity index (χ1) is 15.5. The van der Waals surface area contributed by atoms with Crippen molar-refractivity contribution < 1.29 is 23.9 Å². The molecule has 172 valence electrons. The van der Waals surface area contributed by atoms with E-state index in [1.54, 1.807) is 12.0 Å². The molecule has 5 rings (SSSR count). The van der Waals surface area contributed by atoms with Crippen molar-refractivity contribution in [2.45, 2.75) is 75.8 Å². The molecule has 3 aliphatic heterocycles. The monoisotopic (exact) mass is 441 g/mol. The zero-order valence-electron chi connectivity index (χ0n) is 18.5. The summed E-state index contributed by atoms with van der Waals surface area (Å²) in [6.07, 6.45) is 6.62. The van der Waals surface area contributed by atoms with E-state index in [1.807, 2.05) is 18.2 Å². The molecule has 3 amide bonds. The number of ether oxygens (including phenoxy) is 2. The van der Waals surface area contributed by atoms with E-state index in [-0.39, 0.29) is 30.2 Å². The minimum absolute atomic E-state index is 0.149. The molecule has 32 heavy (non-hydrogen) atoms. The van der Waals surface area contributed by atoms with Crippen molar-refractivity contribution in [1.82, 2.24) is 15.1 Å². The molecule has 1 saturated carbocycles. The van der Waals surface area contributed by atoms with Gasteiger partial charge in [-0.2, -0.15) is 0 Å². The molecule has 0 spiro atoms. The van der Waals surface area contributed by atoms with Crippen LogP contribution in [-0.2, 0) is 20.9 Å². The lowest BCUT2D eigenvalue weighted by atomic mass is 10.0. The van der Waals surface area contributed by atoms with E-state index in [0.29, 0.717) is 30.7 Å². The molecule has 1 aromatic carbocycles. The van der Waals surface area contributed by atoms with Crippen LogP contribution in [0.25, 0.3) is 0 Å². The topological polar surface area (TPSA) is 88.2 Å². The Balaban J connectivity index is 1.25. The van der Waals surface area contributed by atoms with Gasteiger partial charge in [0.25, 0.3) is 5.91 Å². The molecular weight excluding hydrogens is 410 g/mol. The van der Waals surface area contributed by atoms with Crippen molar-refractivity contribution in [2.24, 2.45) is 0 Å². The van der Waals surface area contributed by atoms with E-state index < -0.39 is 6.04 Å². The smallest absolute Gasteiger partial charge is 0.255 e. The van der Waals surface area contributed by atoms with E-state index >= 15 is 0 Å². The van der Waals surface area contributed by atoms with Crippen LogP contribution < -0.4 is 10.1 Å². The maximum absolute atomic E-state index is 12.9. The van der Waals surface area contributed by atoms with Gasteiger partial charge < -0.3 is 14.4 Å². The highest BCUT2D eigenvalue weighted by molar-refractivity contribution is 6.05. The Hall–Kier alpha value is -2.45. The molecule has 1 unspecified atom stereocenters. The van der Waals surface area contributed by atoms with Crippen molar-refractivity contribution in [2.75, 3.05) is 20.2 Å². The van der Waals surface area contributed by atoms with Gasteiger partial charge in [0.15, 0.2) is 0 Å². The second-order valence-electron chi connectivity index (χ2n) is 9.34. The number of likely N-dealkylation sites (tertiary alicyclic amines) is 1. The number of benzene rings is 1.